The second kappa shape index (κ2) is 8.71. The minimum Gasteiger partial charge on any atom is -0.393 e. The molecule has 4 rings (SSSR count). The molecule has 1 aliphatic heterocycles. The van der Waals surface area contributed by atoms with Gasteiger partial charge in [-0.25, -0.2) is 19.2 Å². The zero-order chi connectivity index (χ0) is 21.3. The minimum atomic E-state index is -0.550. The van der Waals surface area contributed by atoms with Crippen LogP contribution in [0, 0.1) is 5.82 Å². The van der Waals surface area contributed by atoms with Gasteiger partial charge in [-0.15, -0.1) is 0 Å². The van der Waals surface area contributed by atoms with Crippen LogP contribution in [0.25, 0.3) is 10.2 Å². The zero-order valence-corrected chi connectivity index (χ0v) is 17.9. The Balaban J connectivity index is 1.36. The number of urea groups is 1. The van der Waals surface area contributed by atoms with Crippen molar-refractivity contribution in [2.24, 2.45) is 0 Å². The topological polar surface area (TPSA) is 81.6 Å². The van der Waals surface area contributed by atoms with Crippen LogP contribution >= 0.6 is 22.9 Å². The van der Waals surface area contributed by atoms with Crippen molar-refractivity contribution in [2.45, 2.75) is 19.4 Å². The van der Waals surface area contributed by atoms with Crippen molar-refractivity contribution in [3.63, 3.8) is 0 Å². The molecule has 0 aliphatic carbocycles. The van der Waals surface area contributed by atoms with Gasteiger partial charge in [0.2, 0.25) is 0 Å². The van der Waals surface area contributed by atoms with Gasteiger partial charge in [-0.1, -0.05) is 22.9 Å². The molecule has 1 fully saturated rings. The summed E-state index contributed by atoms with van der Waals surface area (Å²) in [4.78, 5) is 24.7. The number of nitrogens with zero attached hydrogens (tertiary/aromatic N) is 4. The van der Waals surface area contributed by atoms with Gasteiger partial charge in [0.05, 0.1) is 16.3 Å². The van der Waals surface area contributed by atoms with Crippen LogP contribution in [-0.2, 0) is 6.42 Å². The molecule has 1 aromatic carbocycles. The summed E-state index contributed by atoms with van der Waals surface area (Å²) in [6.45, 7) is 3.49. The number of anilines is 2. The first-order valence-corrected chi connectivity index (χ1v) is 10.8. The van der Waals surface area contributed by atoms with Crippen LogP contribution < -0.4 is 10.2 Å². The number of halogens is 2. The molecule has 0 saturated carbocycles. The molecule has 0 bridgehead atoms. The van der Waals surface area contributed by atoms with E-state index >= 15 is 0 Å². The van der Waals surface area contributed by atoms with Crippen LogP contribution in [0.5, 0.6) is 0 Å². The summed E-state index contributed by atoms with van der Waals surface area (Å²) < 4.78 is 15.4. The van der Waals surface area contributed by atoms with Crippen molar-refractivity contribution >= 4 is 50.1 Å². The Labute approximate surface area is 182 Å². The lowest BCUT2D eigenvalue weighted by atomic mass is 10.1. The number of amides is 2. The third-order valence-corrected chi connectivity index (χ3v) is 6.01. The normalized spacial score (nSPS) is 15.5. The Hall–Kier alpha value is -2.49. The average Bonchev–Trinajstić information content (AvgIpc) is 3.09. The first-order valence-electron chi connectivity index (χ1n) is 9.58. The summed E-state index contributed by atoms with van der Waals surface area (Å²) in [5.74, 6) is -0.147. The molecule has 0 spiro atoms. The smallest absolute Gasteiger partial charge is 0.323 e. The maximum atomic E-state index is 14.5. The number of benzene rings is 1. The Kier molecular flexibility index (Phi) is 6.03. The second-order valence-corrected chi connectivity index (χ2v) is 8.70. The summed E-state index contributed by atoms with van der Waals surface area (Å²) in [6, 6.07) is 6.57. The number of rotatable bonds is 4. The Morgan fingerprint density at radius 3 is 2.80 bits per heavy atom. The van der Waals surface area contributed by atoms with Crippen molar-refractivity contribution in [1.29, 1.82) is 0 Å². The SMILES string of the molecule is C[C@H](O)Cc1cnc(N2CCN(C(=O)Nc3nc4ccc(Cl)cc4s3)CC2)c(F)c1. The van der Waals surface area contributed by atoms with E-state index in [0.717, 1.165) is 10.2 Å². The van der Waals surface area contributed by atoms with Gasteiger partial charge < -0.3 is 14.9 Å². The van der Waals surface area contributed by atoms with Crippen LogP contribution in [0.2, 0.25) is 5.02 Å². The lowest BCUT2D eigenvalue weighted by Gasteiger charge is -2.35. The van der Waals surface area contributed by atoms with Crippen LogP contribution in [0.4, 0.5) is 20.1 Å². The predicted molar refractivity (Wildman–Crippen MR) is 117 cm³/mol. The van der Waals surface area contributed by atoms with E-state index < -0.39 is 11.9 Å². The molecule has 0 unspecified atom stereocenters. The van der Waals surface area contributed by atoms with Gasteiger partial charge in [0.25, 0.3) is 0 Å². The van der Waals surface area contributed by atoms with Gasteiger partial charge in [-0.2, -0.15) is 0 Å². The van der Waals surface area contributed by atoms with Gasteiger partial charge in [0, 0.05) is 37.4 Å². The predicted octanol–water partition coefficient (Wildman–Crippen LogP) is 3.76. The average molecular weight is 450 g/mol. The van der Waals surface area contributed by atoms with E-state index in [2.05, 4.69) is 15.3 Å². The lowest BCUT2D eigenvalue weighted by Crippen LogP contribution is -2.50. The number of pyridine rings is 1. The van der Waals surface area contributed by atoms with Crippen LogP contribution in [0.15, 0.2) is 30.5 Å². The molecule has 2 N–H and O–H groups in total. The Morgan fingerprint density at radius 1 is 1.33 bits per heavy atom. The molecule has 3 aromatic rings. The maximum absolute atomic E-state index is 14.5. The maximum Gasteiger partial charge on any atom is 0.323 e. The van der Waals surface area contributed by atoms with E-state index in [1.54, 1.807) is 24.1 Å². The monoisotopic (exact) mass is 449 g/mol. The molecule has 10 heteroatoms. The fourth-order valence-corrected chi connectivity index (χ4v) is 4.53. The standard InChI is InChI=1S/C20H21ClFN5O2S/c1-12(28)8-13-9-15(22)18(23-11-13)26-4-6-27(7-5-26)20(29)25-19-24-16-3-2-14(21)10-17(16)30-19/h2-3,9-12,28H,4-8H2,1H3,(H,24,25,29)/t12-/m0/s1. The van der Waals surface area contributed by atoms with Crippen molar-refractivity contribution in [3.05, 3.63) is 46.9 Å². The highest BCUT2D eigenvalue weighted by Crippen LogP contribution is 2.28. The highest BCUT2D eigenvalue weighted by molar-refractivity contribution is 7.22. The second-order valence-electron chi connectivity index (χ2n) is 7.24. The van der Waals surface area contributed by atoms with Crippen LogP contribution in [0.3, 0.4) is 0 Å². The van der Waals surface area contributed by atoms with E-state index in [1.807, 2.05) is 17.0 Å². The number of nitrogens with one attached hydrogen (secondary N) is 1. The number of fused-ring (bicyclic) bond motifs is 1. The van der Waals surface area contributed by atoms with Crippen molar-refractivity contribution < 1.29 is 14.3 Å². The van der Waals surface area contributed by atoms with Gasteiger partial charge in [-0.3, -0.25) is 5.32 Å². The summed E-state index contributed by atoms with van der Waals surface area (Å²) in [6.07, 6.45) is 1.39. The number of hydrogen-bond acceptors (Lipinski definition) is 6. The molecule has 1 aliphatic rings. The quantitative estimate of drug-likeness (QED) is 0.633. The fraction of sp³-hybridized carbons (Fsp3) is 0.350. The van der Waals surface area contributed by atoms with Gasteiger partial charge in [-0.05, 0) is 43.2 Å². The van der Waals surface area contributed by atoms with E-state index in [9.17, 15) is 14.3 Å². The number of aliphatic hydroxyl groups is 1. The van der Waals surface area contributed by atoms with Gasteiger partial charge >= 0.3 is 6.03 Å². The highest BCUT2D eigenvalue weighted by Gasteiger charge is 2.24. The number of piperazine rings is 1. The molecule has 1 atom stereocenters. The van der Waals surface area contributed by atoms with Gasteiger partial charge in [0.15, 0.2) is 16.8 Å². The summed E-state index contributed by atoms with van der Waals surface area (Å²) >= 11 is 7.36. The summed E-state index contributed by atoms with van der Waals surface area (Å²) in [5, 5.41) is 13.4. The van der Waals surface area contributed by atoms with Crippen molar-refractivity contribution in [2.75, 3.05) is 36.4 Å². The molecular formula is C20H21ClFN5O2S. The number of thiazole rings is 1. The molecule has 3 heterocycles. The number of aromatic nitrogens is 2. The van der Waals surface area contributed by atoms with Gasteiger partial charge in [0.1, 0.15) is 0 Å². The fourth-order valence-electron chi connectivity index (χ4n) is 3.40. The summed E-state index contributed by atoms with van der Waals surface area (Å²) in [5.41, 5.74) is 1.44. The molecule has 30 heavy (non-hydrogen) atoms. The molecule has 158 valence electrons. The lowest BCUT2D eigenvalue weighted by molar-refractivity contribution is 0.195. The van der Waals surface area contributed by atoms with Crippen molar-refractivity contribution in [3.8, 4) is 0 Å². The molecular weight excluding hydrogens is 429 g/mol. The van der Waals surface area contributed by atoms with E-state index in [1.165, 1.54) is 17.4 Å². The number of aliphatic hydroxyl groups excluding tert-OH is 1. The van der Waals surface area contributed by atoms with Crippen LogP contribution in [-0.4, -0.2) is 58.3 Å². The van der Waals surface area contributed by atoms with E-state index in [-0.39, 0.29) is 11.8 Å². The van der Waals surface area contributed by atoms with Crippen molar-refractivity contribution in [1.82, 2.24) is 14.9 Å². The number of carbonyl (C=O) groups excluding carboxylic acids is 1. The molecule has 7 nitrogen and oxygen atoms in total. The van der Waals surface area contributed by atoms with E-state index in [0.29, 0.717) is 48.3 Å². The first kappa shape index (κ1) is 20.8. The number of hydrogen-bond donors (Lipinski definition) is 2. The third-order valence-electron chi connectivity index (χ3n) is 4.84. The molecule has 1 saturated heterocycles. The molecule has 0 radical (unpaired) electrons. The summed E-state index contributed by atoms with van der Waals surface area (Å²) in [7, 11) is 0. The zero-order valence-electron chi connectivity index (χ0n) is 16.3. The first-order chi connectivity index (χ1) is 14.4. The molecule has 2 amide bonds. The highest BCUT2D eigenvalue weighted by atomic mass is 35.5. The molecule has 2 aromatic heterocycles. The number of carbonyl (C=O) groups is 1. The van der Waals surface area contributed by atoms with Crippen LogP contribution in [0.1, 0.15) is 12.5 Å². The minimum absolute atomic E-state index is 0.236. The van der Waals surface area contributed by atoms with E-state index in [4.69, 9.17) is 11.6 Å². The Morgan fingerprint density at radius 2 is 2.10 bits per heavy atom. The third kappa shape index (κ3) is 4.63. The largest absolute Gasteiger partial charge is 0.393 e. The Bertz CT molecular complexity index is 1070.